The van der Waals surface area contributed by atoms with E-state index >= 15 is 0 Å². The van der Waals surface area contributed by atoms with Crippen molar-refractivity contribution in [1.82, 2.24) is 15.2 Å². The monoisotopic (exact) mass is 333 g/mol. The molecule has 126 valence electrons. The van der Waals surface area contributed by atoms with Gasteiger partial charge < -0.3 is 10.2 Å². The van der Waals surface area contributed by atoms with Crippen LogP contribution >= 0.6 is 0 Å². The minimum atomic E-state index is -0.357. The number of hydrogen-bond acceptors (Lipinski definition) is 5. The van der Waals surface area contributed by atoms with Gasteiger partial charge >= 0.3 is 0 Å². The third-order valence-electron chi connectivity index (χ3n) is 4.41. The molecule has 0 saturated carbocycles. The Bertz CT molecular complexity index is 888. The van der Waals surface area contributed by atoms with Crippen LogP contribution in [0.3, 0.4) is 0 Å². The molecule has 1 aliphatic heterocycles. The van der Waals surface area contributed by atoms with Gasteiger partial charge in [0, 0.05) is 24.5 Å². The maximum atomic E-state index is 12.4. The first kappa shape index (κ1) is 15.5. The van der Waals surface area contributed by atoms with Crippen LogP contribution < -0.4 is 10.2 Å². The van der Waals surface area contributed by atoms with Crippen LogP contribution in [0.5, 0.6) is 0 Å². The number of fused-ring (bicyclic) bond motifs is 1. The summed E-state index contributed by atoms with van der Waals surface area (Å²) in [6.45, 7) is 2.20. The van der Waals surface area contributed by atoms with E-state index in [0.717, 1.165) is 18.8 Å². The molecule has 1 aliphatic rings. The van der Waals surface area contributed by atoms with Gasteiger partial charge in [-0.3, -0.25) is 4.79 Å². The highest BCUT2D eigenvalue weighted by Gasteiger charge is 2.13. The predicted octanol–water partition coefficient (Wildman–Crippen LogP) is 3.27. The highest BCUT2D eigenvalue weighted by molar-refractivity contribution is 6.02. The van der Waals surface area contributed by atoms with E-state index in [9.17, 15) is 4.79 Å². The summed E-state index contributed by atoms with van der Waals surface area (Å²) in [6, 6.07) is 15.3. The lowest BCUT2D eigenvalue weighted by molar-refractivity contribution is 0.101. The van der Waals surface area contributed by atoms with E-state index < -0.39 is 0 Å². The first-order valence-electron chi connectivity index (χ1n) is 8.55. The van der Waals surface area contributed by atoms with Crippen LogP contribution in [-0.4, -0.2) is 34.2 Å². The number of carbonyl (C=O) groups is 1. The van der Waals surface area contributed by atoms with Gasteiger partial charge in [0.05, 0.1) is 5.52 Å². The number of amides is 1. The third kappa shape index (κ3) is 3.42. The summed E-state index contributed by atoms with van der Waals surface area (Å²) in [5, 5.41) is 10.8. The van der Waals surface area contributed by atoms with E-state index in [1.54, 1.807) is 0 Å². The second kappa shape index (κ2) is 6.84. The molecule has 1 amide bonds. The molecule has 0 radical (unpaired) electrons. The lowest BCUT2D eigenvalue weighted by Crippen LogP contribution is -2.29. The molecule has 1 aromatic heterocycles. The molecule has 2 heterocycles. The molecule has 0 bridgehead atoms. The smallest absolute Gasteiger partial charge is 0.295 e. The van der Waals surface area contributed by atoms with Gasteiger partial charge in [0.15, 0.2) is 0 Å². The van der Waals surface area contributed by atoms with Crippen LogP contribution in [-0.2, 0) is 0 Å². The Morgan fingerprint density at radius 1 is 0.880 bits per heavy atom. The molecule has 6 heteroatoms. The quantitative estimate of drug-likeness (QED) is 0.796. The summed E-state index contributed by atoms with van der Waals surface area (Å²) >= 11 is 0. The number of para-hydroxylation sites is 1. The van der Waals surface area contributed by atoms with Crippen molar-refractivity contribution >= 4 is 28.3 Å². The average molecular weight is 333 g/mol. The van der Waals surface area contributed by atoms with E-state index in [0.29, 0.717) is 11.0 Å². The van der Waals surface area contributed by atoms with Gasteiger partial charge in [-0.05, 0) is 55.7 Å². The van der Waals surface area contributed by atoms with Crippen molar-refractivity contribution in [3.63, 3.8) is 0 Å². The molecule has 6 nitrogen and oxygen atoms in total. The fourth-order valence-electron chi connectivity index (χ4n) is 3.07. The molecule has 0 spiro atoms. The Kier molecular flexibility index (Phi) is 4.24. The van der Waals surface area contributed by atoms with E-state index in [4.69, 9.17) is 0 Å². The van der Waals surface area contributed by atoms with Crippen molar-refractivity contribution in [2.75, 3.05) is 23.3 Å². The Labute approximate surface area is 145 Å². The Hall–Kier alpha value is -3.02. The highest BCUT2D eigenvalue weighted by atomic mass is 16.2. The number of hydrogen-bond donors (Lipinski definition) is 1. The van der Waals surface area contributed by atoms with Crippen molar-refractivity contribution in [2.24, 2.45) is 0 Å². The number of rotatable bonds is 3. The van der Waals surface area contributed by atoms with Crippen molar-refractivity contribution in [3.05, 3.63) is 54.4 Å². The van der Waals surface area contributed by atoms with Crippen molar-refractivity contribution < 1.29 is 4.79 Å². The fourth-order valence-corrected chi connectivity index (χ4v) is 3.07. The first-order valence-corrected chi connectivity index (χ1v) is 8.55. The van der Waals surface area contributed by atoms with E-state index in [-0.39, 0.29) is 11.7 Å². The maximum Gasteiger partial charge on any atom is 0.295 e. The molecule has 25 heavy (non-hydrogen) atoms. The number of nitrogens with one attached hydrogen (secondary N) is 1. The Morgan fingerprint density at radius 3 is 2.36 bits per heavy atom. The summed E-state index contributed by atoms with van der Waals surface area (Å²) in [6.07, 6.45) is 3.79. The molecule has 0 aliphatic carbocycles. The molecule has 0 atom stereocenters. The first-order chi connectivity index (χ1) is 12.3. The topological polar surface area (TPSA) is 71.0 Å². The number of carbonyl (C=O) groups excluding carboxylic acids is 1. The number of aromatic nitrogens is 3. The van der Waals surface area contributed by atoms with Gasteiger partial charge in [-0.25, -0.2) is 4.98 Å². The van der Waals surface area contributed by atoms with E-state index in [1.807, 2.05) is 48.5 Å². The number of benzene rings is 2. The summed E-state index contributed by atoms with van der Waals surface area (Å²) in [5.41, 5.74) is 3.25. The largest absolute Gasteiger partial charge is 0.372 e. The summed E-state index contributed by atoms with van der Waals surface area (Å²) in [7, 11) is 0. The molecule has 1 saturated heterocycles. The zero-order chi connectivity index (χ0) is 17.1. The SMILES string of the molecule is O=C(Nc1ccc(N2CCCCC2)cc1)c1nnc2ccccc2n1. The maximum absolute atomic E-state index is 12.4. The second-order valence-corrected chi connectivity index (χ2v) is 6.17. The van der Waals surface area contributed by atoms with Gasteiger partial charge in [-0.2, -0.15) is 0 Å². The fraction of sp³-hybridized carbons (Fsp3) is 0.263. The van der Waals surface area contributed by atoms with Crippen molar-refractivity contribution in [2.45, 2.75) is 19.3 Å². The molecular weight excluding hydrogens is 314 g/mol. The Morgan fingerprint density at radius 2 is 1.60 bits per heavy atom. The van der Waals surface area contributed by atoms with Crippen LogP contribution in [0, 0.1) is 0 Å². The third-order valence-corrected chi connectivity index (χ3v) is 4.41. The lowest BCUT2D eigenvalue weighted by Gasteiger charge is -2.28. The van der Waals surface area contributed by atoms with E-state index in [2.05, 4.69) is 25.4 Å². The van der Waals surface area contributed by atoms with Crippen LogP contribution in [0.2, 0.25) is 0 Å². The average Bonchev–Trinajstić information content (AvgIpc) is 2.69. The van der Waals surface area contributed by atoms with Crippen LogP contribution in [0.25, 0.3) is 11.0 Å². The number of piperidine rings is 1. The van der Waals surface area contributed by atoms with Gasteiger partial charge in [-0.1, -0.05) is 12.1 Å². The van der Waals surface area contributed by atoms with Crippen LogP contribution in [0.15, 0.2) is 48.5 Å². The molecule has 1 N–H and O–H groups in total. The molecule has 2 aromatic carbocycles. The van der Waals surface area contributed by atoms with Gasteiger partial charge in [0.2, 0.25) is 5.82 Å². The summed E-state index contributed by atoms with van der Waals surface area (Å²) in [4.78, 5) is 19.0. The van der Waals surface area contributed by atoms with Crippen LogP contribution in [0.1, 0.15) is 29.9 Å². The summed E-state index contributed by atoms with van der Waals surface area (Å²) < 4.78 is 0. The molecule has 0 unspecified atom stereocenters. The minimum Gasteiger partial charge on any atom is -0.372 e. The normalized spacial score (nSPS) is 14.5. The zero-order valence-electron chi connectivity index (χ0n) is 13.9. The molecule has 4 rings (SSSR count). The van der Waals surface area contributed by atoms with Gasteiger partial charge in [0.25, 0.3) is 5.91 Å². The highest BCUT2D eigenvalue weighted by Crippen LogP contribution is 2.22. The van der Waals surface area contributed by atoms with Gasteiger partial charge in [-0.15, -0.1) is 10.2 Å². The summed E-state index contributed by atoms with van der Waals surface area (Å²) in [5.74, 6) is -0.289. The predicted molar refractivity (Wildman–Crippen MR) is 97.8 cm³/mol. The number of nitrogens with zero attached hydrogens (tertiary/aromatic N) is 4. The number of anilines is 2. The zero-order valence-corrected chi connectivity index (χ0v) is 13.9. The lowest BCUT2D eigenvalue weighted by atomic mass is 10.1. The van der Waals surface area contributed by atoms with E-state index in [1.165, 1.54) is 24.9 Å². The van der Waals surface area contributed by atoms with Gasteiger partial charge in [0.1, 0.15) is 5.52 Å². The van der Waals surface area contributed by atoms with Crippen molar-refractivity contribution in [1.29, 1.82) is 0 Å². The molecule has 3 aromatic rings. The molecule has 1 fully saturated rings. The minimum absolute atomic E-state index is 0.0683. The standard InChI is InChI=1S/C19H19N5O/c25-19(18-21-16-6-2-3-7-17(16)22-23-18)20-14-8-10-15(11-9-14)24-12-4-1-5-13-24/h2-3,6-11H,1,4-5,12-13H2,(H,20,25). The second-order valence-electron chi connectivity index (χ2n) is 6.17. The molecular formula is C19H19N5O. The van der Waals surface area contributed by atoms with Crippen LogP contribution in [0.4, 0.5) is 11.4 Å². The van der Waals surface area contributed by atoms with Crippen molar-refractivity contribution in [3.8, 4) is 0 Å². The Balaban J connectivity index is 1.47.